The number of piperazine rings is 1. The number of benzene rings is 1. The van der Waals surface area contributed by atoms with Gasteiger partial charge in [-0.25, -0.2) is 17.2 Å². The van der Waals surface area contributed by atoms with E-state index in [1.165, 1.54) is 0 Å². The number of hydrogen-bond donors (Lipinski definition) is 1. The molecule has 1 aromatic rings. The second kappa shape index (κ2) is 8.60. The predicted octanol–water partition coefficient (Wildman–Crippen LogP) is 1.36. The van der Waals surface area contributed by atoms with E-state index in [0.717, 1.165) is 42.2 Å². The third kappa shape index (κ3) is 4.33. The molecular formula is C16H22ClF2N3O3S. The number of nitrogens with one attached hydrogen (secondary N) is 1. The van der Waals surface area contributed by atoms with Crippen molar-refractivity contribution in [2.75, 3.05) is 32.7 Å². The Kier molecular flexibility index (Phi) is 6.95. The average molecular weight is 410 g/mol. The Morgan fingerprint density at radius 3 is 2.38 bits per heavy atom. The van der Waals surface area contributed by atoms with Gasteiger partial charge in [0, 0.05) is 32.2 Å². The number of amides is 1. The molecule has 1 atom stereocenters. The summed E-state index contributed by atoms with van der Waals surface area (Å²) in [7, 11) is -4.05. The monoisotopic (exact) mass is 409 g/mol. The molecule has 0 spiro atoms. The number of piperidine rings is 1. The number of carbonyl (C=O) groups excluding carboxylic acids is 1. The molecule has 1 N–H and O–H groups in total. The van der Waals surface area contributed by atoms with Crippen LogP contribution in [0.25, 0.3) is 0 Å². The van der Waals surface area contributed by atoms with Crippen molar-refractivity contribution in [3.05, 3.63) is 29.8 Å². The molecule has 3 rings (SSSR count). The molecule has 1 aromatic carbocycles. The topological polar surface area (TPSA) is 69.7 Å². The first-order valence-electron chi connectivity index (χ1n) is 8.37. The largest absolute Gasteiger partial charge is 0.339 e. The highest BCUT2D eigenvalue weighted by Crippen LogP contribution is 2.22. The quantitative estimate of drug-likeness (QED) is 0.818. The van der Waals surface area contributed by atoms with E-state index < -0.39 is 26.6 Å². The summed E-state index contributed by atoms with van der Waals surface area (Å²) >= 11 is 0. The maximum Gasteiger partial charge on any atom is 0.246 e. The summed E-state index contributed by atoms with van der Waals surface area (Å²) < 4.78 is 53.1. The number of carbonyl (C=O) groups is 1. The zero-order valence-corrected chi connectivity index (χ0v) is 15.8. The number of hydrogen-bond acceptors (Lipinski definition) is 4. The van der Waals surface area contributed by atoms with E-state index in [2.05, 4.69) is 5.32 Å². The maximum atomic E-state index is 13.8. The SMILES string of the molecule is Cl.O=C(C1CCCCN1)N1CCN(S(=O)(=O)c2ccc(F)cc2F)CC1. The Morgan fingerprint density at radius 1 is 1.12 bits per heavy atom. The lowest BCUT2D eigenvalue weighted by atomic mass is 10.0. The number of sulfonamides is 1. The molecule has 0 saturated carbocycles. The van der Waals surface area contributed by atoms with Crippen LogP contribution in [-0.2, 0) is 14.8 Å². The smallest absolute Gasteiger partial charge is 0.246 e. The van der Waals surface area contributed by atoms with Crippen molar-refractivity contribution < 1.29 is 22.0 Å². The number of nitrogens with zero attached hydrogens (tertiary/aromatic N) is 2. The summed E-state index contributed by atoms with van der Waals surface area (Å²) in [5.74, 6) is -1.94. The van der Waals surface area contributed by atoms with Crippen LogP contribution in [0.3, 0.4) is 0 Å². The fourth-order valence-corrected chi connectivity index (χ4v) is 4.72. The second-order valence-corrected chi connectivity index (χ2v) is 8.21. The highest BCUT2D eigenvalue weighted by Gasteiger charge is 2.34. The van der Waals surface area contributed by atoms with Crippen LogP contribution in [0.1, 0.15) is 19.3 Å². The Labute approximate surface area is 158 Å². The van der Waals surface area contributed by atoms with Gasteiger partial charge in [-0.2, -0.15) is 4.31 Å². The highest BCUT2D eigenvalue weighted by atomic mass is 35.5. The summed E-state index contributed by atoms with van der Waals surface area (Å²) in [6, 6.07) is 2.21. The number of rotatable bonds is 3. The molecule has 0 bridgehead atoms. The van der Waals surface area contributed by atoms with Gasteiger partial charge in [0.25, 0.3) is 0 Å². The van der Waals surface area contributed by atoms with Gasteiger partial charge in [0.1, 0.15) is 16.5 Å². The van der Waals surface area contributed by atoms with E-state index in [9.17, 15) is 22.0 Å². The zero-order chi connectivity index (χ0) is 18.0. The molecule has 2 saturated heterocycles. The van der Waals surface area contributed by atoms with Crippen LogP contribution in [0.15, 0.2) is 23.1 Å². The van der Waals surface area contributed by atoms with E-state index in [0.29, 0.717) is 6.07 Å². The molecule has 2 aliphatic heterocycles. The molecule has 2 heterocycles. The van der Waals surface area contributed by atoms with E-state index in [4.69, 9.17) is 0 Å². The molecule has 0 aromatic heterocycles. The summed E-state index contributed by atoms with van der Waals surface area (Å²) in [5, 5.41) is 3.19. The Hall–Kier alpha value is -1.29. The minimum Gasteiger partial charge on any atom is -0.339 e. The standard InChI is InChI=1S/C16H21F2N3O3S.ClH/c17-12-4-5-15(13(18)11-12)25(23,24)21-9-7-20(8-10-21)16(22)14-3-1-2-6-19-14;/h4-5,11,14,19H,1-3,6-10H2;1H. The maximum absolute atomic E-state index is 13.8. The average Bonchev–Trinajstić information content (AvgIpc) is 2.61. The Bertz CT molecular complexity index is 749. The minimum absolute atomic E-state index is 0. The lowest BCUT2D eigenvalue weighted by molar-refractivity contribution is -0.135. The molecule has 2 aliphatic rings. The molecule has 0 radical (unpaired) electrons. The van der Waals surface area contributed by atoms with Gasteiger partial charge in [-0.05, 0) is 31.5 Å². The molecule has 26 heavy (non-hydrogen) atoms. The summed E-state index contributed by atoms with van der Waals surface area (Å²) in [6.07, 6.45) is 2.85. The van der Waals surface area contributed by atoms with Crippen molar-refractivity contribution in [3.63, 3.8) is 0 Å². The third-order valence-corrected chi connectivity index (χ3v) is 6.60. The van der Waals surface area contributed by atoms with Gasteiger partial charge in [0.2, 0.25) is 15.9 Å². The van der Waals surface area contributed by atoms with Crippen LogP contribution in [0.4, 0.5) is 8.78 Å². The second-order valence-electron chi connectivity index (χ2n) is 6.31. The van der Waals surface area contributed by atoms with Gasteiger partial charge in [-0.15, -0.1) is 12.4 Å². The molecular weight excluding hydrogens is 388 g/mol. The van der Waals surface area contributed by atoms with E-state index in [1.807, 2.05) is 0 Å². The van der Waals surface area contributed by atoms with Crippen LogP contribution in [0, 0.1) is 11.6 Å². The Balaban J connectivity index is 0.00000243. The van der Waals surface area contributed by atoms with Crippen LogP contribution >= 0.6 is 12.4 Å². The Morgan fingerprint density at radius 2 is 1.81 bits per heavy atom. The van der Waals surface area contributed by atoms with Crippen molar-refractivity contribution in [2.24, 2.45) is 0 Å². The lowest BCUT2D eigenvalue weighted by Crippen LogP contribution is -2.55. The van der Waals surface area contributed by atoms with E-state index in [1.54, 1.807) is 4.90 Å². The fourth-order valence-electron chi connectivity index (χ4n) is 3.26. The molecule has 1 amide bonds. The third-order valence-electron chi connectivity index (χ3n) is 4.67. The van der Waals surface area contributed by atoms with Crippen LogP contribution in [0.5, 0.6) is 0 Å². The van der Waals surface area contributed by atoms with Gasteiger partial charge >= 0.3 is 0 Å². The van der Waals surface area contributed by atoms with Gasteiger partial charge in [-0.1, -0.05) is 6.42 Å². The van der Waals surface area contributed by atoms with Gasteiger partial charge in [0.05, 0.1) is 6.04 Å². The lowest BCUT2D eigenvalue weighted by Gasteiger charge is -2.36. The molecule has 6 nitrogen and oxygen atoms in total. The summed E-state index contributed by atoms with van der Waals surface area (Å²) in [6.45, 7) is 1.53. The molecule has 10 heteroatoms. The zero-order valence-electron chi connectivity index (χ0n) is 14.2. The first-order chi connectivity index (χ1) is 11.9. The van der Waals surface area contributed by atoms with Crippen molar-refractivity contribution in [1.82, 2.24) is 14.5 Å². The fraction of sp³-hybridized carbons (Fsp3) is 0.562. The molecule has 1 unspecified atom stereocenters. The molecule has 146 valence electrons. The van der Waals surface area contributed by atoms with Gasteiger partial charge in [-0.3, -0.25) is 4.79 Å². The summed E-state index contributed by atoms with van der Waals surface area (Å²) in [5.41, 5.74) is 0. The van der Waals surface area contributed by atoms with E-state index in [-0.39, 0.29) is 50.5 Å². The van der Waals surface area contributed by atoms with Crippen LogP contribution < -0.4 is 5.32 Å². The normalized spacial score (nSPS) is 21.9. The van der Waals surface area contributed by atoms with Gasteiger partial charge < -0.3 is 10.2 Å². The first kappa shape index (κ1) is 21.0. The van der Waals surface area contributed by atoms with Crippen molar-refractivity contribution in [3.8, 4) is 0 Å². The minimum atomic E-state index is -4.05. The first-order valence-corrected chi connectivity index (χ1v) is 9.81. The van der Waals surface area contributed by atoms with E-state index >= 15 is 0 Å². The molecule has 2 fully saturated rings. The van der Waals surface area contributed by atoms with Gasteiger partial charge in [0.15, 0.2) is 0 Å². The van der Waals surface area contributed by atoms with Crippen molar-refractivity contribution in [2.45, 2.75) is 30.2 Å². The highest BCUT2D eigenvalue weighted by molar-refractivity contribution is 7.89. The van der Waals surface area contributed by atoms with Crippen LogP contribution in [0.2, 0.25) is 0 Å². The number of halogens is 3. The summed E-state index contributed by atoms with van der Waals surface area (Å²) in [4.78, 5) is 13.6. The predicted molar refractivity (Wildman–Crippen MR) is 94.6 cm³/mol. The van der Waals surface area contributed by atoms with Crippen LogP contribution in [-0.4, -0.2) is 62.3 Å². The van der Waals surface area contributed by atoms with Crippen molar-refractivity contribution in [1.29, 1.82) is 0 Å². The molecule has 0 aliphatic carbocycles. The van der Waals surface area contributed by atoms with Crippen molar-refractivity contribution >= 4 is 28.3 Å².